The molecule has 2 rings (SSSR count). The third-order valence-electron chi connectivity index (χ3n) is 4.55. The molecule has 1 aromatic rings. The van der Waals surface area contributed by atoms with Crippen LogP contribution in [0.1, 0.15) is 64.0 Å². The molecule has 0 amide bonds. The van der Waals surface area contributed by atoms with E-state index in [9.17, 15) is 4.39 Å². The minimum absolute atomic E-state index is 0.0568. The maximum absolute atomic E-state index is 14.0. The van der Waals surface area contributed by atoms with Gasteiger partial charge >= 0.3 is 0 Å². The molecule has 0 aromatic heterocycles. The van der Waals surface area contributed by atoms with Crippen LogP contribution in [0.25, 0.3) is 0 Å². The Morgan fingerprint density at radius 1 is 1.15 bits per heavy atom. The SMILES string of the molecule is CC(N[C@H](C)C1CCCCCC1)c1ccc(Br)cc1F. The average Bonchev–Trinajstić information content (AvgIpc) is 2.67. The Hall–Kier alpha value is -0.410. The topological polar surface area (TPSA) is 12.0 Å². The van der Waals surface area contributed by atoms with Crippen LogP contribution in [0.5, 0.6) is 0 Å². The van der Waals surface area contributed by atoms with Crippen LogP contribution in [0.15, 0.2) is 22.7 Å². The van der Waals surface area contributed by atoms with E-state index in [1.54, 1.807) is 6.07 Å². The second-order valence-electron chi connectivity index (χ2n) is 6.09. The van der Waals surface area contributed by atoms with Crippen LogP contribution in [0.2, 0.25) is 0 Å². The van der Waals surface area contributed by atoms with Gasteiger partial charge in [-0.3, -0.25) is 0 Å². The summed E-state index contributed by atoms with van der Waals surface area (Å²) in [4.78, 5) is 0. The summed E-state index contributed by atoms with van der Waals surface area (Å²) in [7, 11) is 0. The molecule has 0 saturated heterocycles. The summed E-state index contributed by atoms with van der Waals surface area (Å²) in [6, 6.07) is 5.83. The van der Waals surface area contributed by atoms with Crippen LogP contribution >= 0.6 is 15.9 Å². The fourth-order valence-corrected chi connectivity index (χ4v) is 3.62. The van der Waals surface area contributed by atoms with E-state index < -0.39 is 0 Å². The van der Waals surface area contributed by atoms with E-state index in [-0.39, 0.29) is 11.9 Å². The quantitative estimate of drug-likeness (QED) is 0.703. The highest BCUT2D eigenvalue weighted by Gasteiger charge is 2.21. The summed E-state index contributed by atoms with van der Waals surface area (Å²) in [5.41, 5.74) is 0.758. The number of halogens is 2. The van der Waals surface area contributed by atoms with Crippen LogP contribution in [0, 0.1) is 11.7 Å². The van der Waals surface area contributed by atoms with Crippen LogP contribution in [0.3, 0.4) is 0 Å². The summed E-state index contributed by atoms with van der Waals surface area (Å²) in [5, 5.41) is 3.60. The van der Waals surface area contributed by atoms with Gasteiger partial charge in [-0.15, -0.1) is 0 Å². The molecular weight excluding hydrogens is 317 g/mol. The van der Waals surface area contributed by atoms with E-state index in [1.165, 1.54) is 38.5 Å². The van der Waals surface area contributed by atoms with E-state index in [0.717, 1.165) is 16.0 Å². The Morgan fingerprint density at radius 3 is 2.40 bits per heavy atom. The zero-order valence-electron chi connectivity index (χ0n) is 12.5. The minimum Gasteiger partial charge on any atom is -0.307 e. The lowest BCUT2D eigenvalue weighted by molar-refractivity contribution is 0.314. The average molecular weight is 342 g/mol. The lowest BCUT2D eigenvalue weighted by Gasteiger charge is -2.27. The van der Waals surface area contributed by atoms with Crippen LogP contribution in [0.4, 0.5) is 4.39 Å². The van der Waals surface area contributed by atoms with E-state index >= 15 is 0 Å². The highest BCUT2D eigenvalue weighted by atomic mass is 79.9. The number of benzene rings is 1. The molecule has 20 heavy (non-hydrogen) atoms. The Labute approximate surface area is 130 Å². The maximum Gasteiger partial charge on any atom is 0.129 e. The molecule has 0 heterocycles. The molecule has 1 fully saturated rings. The molecule has 0 aliphatic heterocycles. The highest BCUT2D eigenvalue weighted by molar-refractivity contribution is 9.10. The molecule has 112 valence electrons. The normalized spacial score (nSPS) is 20.4. The summed E-state index contributed by atoms with van der Waals surface area (Å²) in [6.45, 7) is 4.31. The lowest BCUT2D eigenvalue weighted by atomic mass is 9.92. The van der Waals surface area contributed by atoms with Gasteiger partial charge < -0.3 is 5.32 Å². The van der Waals surface area contributed by atoms with Crippen molar-refractivity contribution in [2.75, 3.05) is 0 Å². The van der Waals surface area contributed by atoms with E-state index in [2.05, 4.69) is 35.1 Å². The summed E-state index contributed by atoms with van der Waals surface area (Å²) in [6.07, 6.45) is 8.06. The molecular formula is C17H25BrFN. The standard InChI is InChI=1S/C17H25BrFN/c1-12(14-7-5-3-4-6-8-14)20-13(2)16-10-9-15(18)11-17(16)19/h9-14,20H,3-8H2,1-2H3/t12-,13?/m1/s1. The van der Waals surface area contributed by atoms with Crippen LogP contribution in [-0.2, 0) is 0 Å². The number of hydrogen-bond acceptors (Lipinski definition) is 1. The molecule has 1 aliphatic carbocycles. The van der Waals surface area contributed by atoms with Gasteiger partial charge in [0.25, 0.3) is 0 Å². The van der Waals surface area contributed by atoms with E-state index in [1.807, 2.05) is 12.1 Å². The highest BCUT2D eigenvalue weighted by Crippen LogP contribution is 2.27. The second kappa shape index (κ2) is 7.56. The van der Waals surface area contributed by atoms with Crippen molar-refractivity contribution in [3.05, 3.63) is 34.1 Å². The molecule has 1 N–H and O–H groups in total. The largest absolute Gasteiger partial charge is 0.307 e. The van der Waals surface area contributed by atoms with Crippen molar-refractivity contribution in [3.63, 3.8) is 0 Å². The van der Waals surface area contributed by atoms with Gasteiger partial charge in [-0.05, 0) is 44.7 Å². The number of nitrogens with one attached hydrogen (secondary N) is 1. The minimum atomic E-state index is -0.132. The van der Waals surface area contributed by atoms with Gasteiger partial charge in [-0.1, -0.05) is 47.7 Å². The second-order valence-corrected chi connectivity index (χ2v) is 7.01. The summed E-state index contributed by atoms with van der Waals surface area (Å²) < 4.78 is 14.8. The molecule has 1 saturated carbocycles. The third kappa shape index (κ3) is 4.29. The van der Waals surface area contributed by atoms with Crippen molar-refractivity contribution in [2.45, 2.75) is 64.5 Å². The predicted octanol–water partition coefficient (Wildman–Crippen LogP) is 5.60. The van der Waals surface area contributed by atoms with Crippen molar-refractivity contribution in [2.24, 2.45) is 5.92 Å². The Morgan fingerprint density at radius 2 is 1.80 bits per heavy atom. The molecule has 1 aliphatic rings. The summed E-state index contributed by atoms with van der Waals surface area (Å²) in [5.74, 6) is 0.603. The first-order valence-corrected chi connectivity index (χ1v) is 8.58. The van der Waals surface area contributed by atoms with Crippen molar-refractivity contribution in [1.29, 1.82) is 0 Å². The molecule has 2 atom stereocenters. The first kappa shape index (κ1) is 16.0. The Kier molecular flexibility index (Phi) is 6.03. The predicted molar refractivity (Wildman–Crippen MR) is 86.3 cm³/mol. The monoisotopic (exact) mass is 341 g/mol. The van der Waals surface area contributed by atoms with Crippen LogP contribution in [-0.4, -0.2) is 6.04 Å². The van der Waals surface area contributed by atoms with Crippen LogP contribution < -0.4 is 5.32 Å². The van der Waals surface area contributed by atoms with Gasteiger partial charge in [0.1, 0.15) is 5.82 Å². The smallest absolute Gasteiger partial charge is 0.129 e. The van der Waals surface area contributed by atoms with Gasteiger partial charge in [0.2, 0.25) is 0 Å². The van der Waals surface area contributed by atoms with E-state index in [4.69, 9.17) is 0 Å². The van der Waals surface area contributed by atoms with Crippen molar-refractivity contribution in [3.8, 4) is 0 Å². The van der Waals surface area contributed by atoms with Gasteiger partial charge in [-0.25, -0.2) is 4.39 Å². The van der Waals surface area contributed by atoms with Gasteiger partial charge in [-0.2, -0.15) is 0 Å². The van der Waals surface area contributed by atoms with Crippen molar-refractivity contribution < 1.29 is 4.39 Å². The Balaban J connectivity index is 1.97. The third-order valence-corrected chi connectivity index (χ3v) is 5.04. The number of hydrogen-bond donors (Lipinski definition) is 1. The van der Waals surface area contributed by atoms with Crippen molar-refractivity contribution >= 4 is 15.9 Å². The van der Waals surface area contributed by atoms with E-state index in [0.29, 0.717) is 6.04 Å². The first-order chi connectivity index (χ1) is 9.58. The van der Waals surface area contributed by atoms with Crippen molar-refractivity contribution in [1.82, 2.24) is 5.32 Å². The van der Waals surface area contributed by atoms with Gasteiger partial charge in [0, 0.05) is 22.1 Å². The molecule has 3 heteroatoms. The zero-order chi connectivity index (χ0) is 14.5. The zero-order valence-corrected chi connectivity index (χ0v) is 14.0. The fraction of sp³-hybridized carbons (Fsp3) is 0.647. The molecule has 0 radical (unpaired) electrons. The molecule has 1 aromatic carbocycles. The first-order valence-electron chi connectivity index (χ1n) is 7.79. The number of rotatable bonds is 4. The maximum atomic E-state index is 14.0. The molecule has 1 unspecified atom stereocenters. The lowest BCUT2D eigenvalue weighted by Crippen LogP contribution is -2.35. The Bertz CT molecular complexity index is 427. The fourth-order valence-electron chi connectivity index (χ4n) is 3.28. The molecule has 0 bridgehead atoms. The summed E-state index contributed by atoms with van der Waals surface area (Å²) >= 11 is 3.31. The van der Waals surface area contributed by atoms with Gasteiger partial charge in [0.05, 0.1) is 0 Å². The molecule has 1 nitrogen and oxygen atoms in total. The van der Waals surface area contributed by atoms with Gasteiger partial charge in [0.15, 0.2) is 0 Å². The molecule has 0 spiro atoms.